The van der Waals surface area contributed by atoms with E-state index in [9.17, 15) is 9.59 Å². The van der Waals surface area contributed by atoms with Gasteiger partial charge in [-0.1, -0.05) is 0 Å². The van der Waals surface area contributed by atoms with Crippen LogP contribution in [-0.4, -0.2) is 16.9 Å². The lowest BCUT2D eigenvalue weighted by Gasteiger charge is -1.95. The van der Waals surface area contributed by atoms with Crippen LogP contribution in [0.3, 0.4) is 0 Å². The van der Waals surface area contributed by atoms with Gasteiger partial charge in [-0.05, 0) is 25.5 Å². The van der Waals surface area contributed by atoms with E-state index in [4.69, 9.17) is 5.11 Å². The Morgan fingerprint density at radius 2 is 2.07 bits per heavy atom. The van der Waals surface area contributed by atoms with Crippen LogP contribution >= 0.6 is 11.3 Å². The number of thiophene rings is 1. The monoisotopic (exact) mass is 212 g/mol. The molecule has 1 aromatic rings. The smallest absolute Gasteiger partial charge is 0.303 e. The van der Waals surface area contributed by atoms with Crippen molar-refractivity contribution in [2.24, 2.45) is 0 Å². The maximum absolute atomic E-state index is 11.5. The summed E-state index contributed by atoms with van der Waals surface area (Å²) >= 11 is 1.46. The average Bonchev–Trinajstić information content (AvgIpc) is 2.51. The number of hydrogen-bond donors (Lipinski definition) is 1. The Hall–Kier alpha value is -1.16. The summed E-state index contributed by atoms with van der Waals surface area (Å²) in [5.41, 5.74) is 0. The third kappa shape index (κ3) is 3.30. The first-order valence-corrected chi connectivity index (χ1v) is 5.22. The Morgan fingerprint density at radius 3 is 2.57 bits per heavy atom. The highest BCUT2D eigenvalue weighted by Gasteiger charge is 2.08. The van der Waals surface area contributed by atoms with Gasteiger partial charge in [0, 0.05) is 17.7 Å². The maximum atomic E-state index is 11.5. The van der Waals surface area contributed by atoms with E-state index in [0.29, 0.717) is 12.8 Å². The van der Waals surface area contributed by atoms with Crippen molar-refractivity contribution >= 4 is 23.1 Å². The highest BCUT2D eigenvalue weighted by atomic mass is 32.1. The summed E-state index contributed by atoms with van der Waals surface area (Å²) in [6.07, 6.45) is 0.813. The number of carboxylic acid groups (broad SMARTS) is 1. The van der Waals surface area contributed by atoms with Crippen LogP contribution in [0.1, 0.15) is 33.8 Å². The summed E-state index contributed by atoms with van der Waals surface area (Å²) in [5.74, 6) is -0.801. The number of ketones is 1. The molecule has 0 radical (unpaired) electrons. The van der Waals surface area contributed by atoms with Crippen molar-refractivity contribution in [3.8, 4) is 0 Å². The van der Waals surface area contributed by atoms with Crippen molar-refractivity contribution in [1.29, 1.82) is 0 Å². The molecule has 0 saturated heterocycles. The van der Waals surface area contributed by atoms with Crippen LogP contribution in [0.4, 0.5) is 0 Å². The summed E-state index contributed by atoms with van der Waals surface area (Å²) in [6.45, 7) is 1.94. The second kappa shape index (κ2) is 4.91. The van der Waals surface area contributed by atoms with Gasteiger partial charge in [-0.2, -0.15) is 0 Å². The molecule has 1 rings (SSSR count). The molecule has 4 heteroatoms. The number of rotatable bonds is 5. The average molecular weight is 212 g/mol. The molecule has 0 aliphatic heterocycles. The number of aryl methyl sites for hydroxylation is 1. The van der Waals surface area contributed by atoms with Crippen molar-refractivity contribution in [3.63, 3.8) is 0 Å². The molecule has 76 valence electrons. The minimum atomic E-state index is -0.847. The molecule has 0 fully saturated rings. The van der Waals surface area contributed by atoms with Crippen molar-refractivity contribution in [2.75, 3.05) is 0 Å². The largest absolute Gasteiger partial charge is 0.481 e. The zero-order valence-corrected chi connectivity index (χ0v) is 8.76. The molecular weight excluding hydrogens is 200 g/mol. The highest BCUT2D eigenvalue weighted by Crippen LogP contribution is 2.17. The van der Waals surface area contributed by atoms with Crippen molar-refractivity contribution in [2.45, 2.75) is 26.2 Å². The molecular formula is C10H12O3S. The lowest BCUT2D eigenvalue weighted by molar-refractivity contribution is -0.137. The van der Waals surface area contributed by atoms with E-state index in [2.05, 4.69) is 0 Å². The van der Waals surface area contributed by atoms with Crippen LogP contribution in [0.15, 0.2) is 12.1 Å². The van der Waals surface area contributed by atoms with Crippen LogP contribution < -0.4 is 0 Å². The molecule has 0 spiro atoms. The number of aliphatic carboxylic acids is 1. The predicted molar refractivity (Wildman–Crippen MR) is 54.9 cm³/mol. The number of Topliss-reactive ketones (excluding diaryl/α,β-unsaturated/α-hetero) is 1. The topological polar surface area (TPSA) is 54.4 Å². The Labute approximate surface area is 86.4 Å². The molecule has 0 amide bonds. The zero-order chi connectivity index (χ0) is 10.6. The van der Waals surface area contributed by atoms with E-state index in [0.717, 1.165) is 9.75 Å². The first-order chi connectivity index (χ1) is 6.59. The molecule has 0 atom stereocenters. The van der Waals surface area contributed by atoms with Gasteiger partial charge in [0.15, 0.2) is 5.78 Å². The lowest BCUT2D eigenvalue weighted by Crippen LogP contribution is -1.99. The number of carbonyl (C=O) groups is 2. The normalized spacial score (nSPS) is 10.1. The highest BCUT2D eigenvalue weighted by molar-refractivity contribution is 7.14. The molecule has 14 heavy (non-hydrogen) atoms. The number of carboxylic acids is 1. The van der Waals surface area contributed by atoms with E-state index in [1.54, 1.807) is 6.07 Å². The second-order valence-corrected chi connectivity index (χ2v) is 4.37. The maximum Gasteiger partial charge on any atom is 0.303 e. The molecule has 0 bridgehead atoms. The van der Waals surface area contributed by atoms with Gasteiger partial charge in [0.2, 0.25) is 0 Å². The van der Waals surface area contributed by atoms with E-state index in [1.807, 2.05) is 13.0 Å². The molecule has 0 aromatic carbocycles. The van der Waals surface area contributed by atoms with Gasteiger partial charge in [-0.15, -0.1) is 11.3 Å². The molecule has 1 aromatic heterocycles. The first kappa shape index (κ1) is 10.9. The summed E-state index contributed by atoms with van der Waals surface area (Å²) in [7, 11) is 0. The van der Waals surface area contributed by atoms with Gasteiger partial charge in [-0.25, -0.2) is 0 Å². The van der Waals surface area contributed by atoms with Crippen LogP contribution in [0.25, 0.3) is 0 Å². The molecule has 0 aliphatic rings. The van der Waals surface area contributed by atoms with Crippen molar-refractivity contribution in [3.05, 3.63) is 21.9 Å². The van der Waals surface area contributed by atoms with Gasteiger partial charge in [-0.3, -0.25) is 9.59 Å². The fourth-order valence-electron chi connectivity index (χ4n) is 1.11. The van der Waals surface area contributed by atoms with Crippen LogP contribution in [0.5, 0.6) is 0 Å². The number of hydrogen-bond acceptors (Lipinski definition) is 3. The van der Waals surface area contributed by atoms with E-state index < -0.39 is 5.97 Å². The summed E-state index contributed by atoms with van der Waals surface area (Å²) < 4.78 is 0. The van der Waals surface area contributed by atoms with Crippen LogP contribution in [0, 0.1) is 6.92 Å². The molecule has 1 heterocycles. The Bertz CT molecular complexity index is 341. The van der Waals surface area contributed by atoms with Gasteiger partial charge < -0.3 is 5.11 Å². The predicted octanol–water partition coefficient (Wildman–Crippen LogP) is 2.49. The minimum Gasteiger partial charge on any atom is -0.481 e. The summed E-state index contributed by atoms with van der Waals surface area (Å²) in [4.78, 5) is 23.5. The Balaban J connectivity index is 2.39. The minimum absolute atomic E-state index is 0.0457. The fourth-order valence-corrected chi connectivity index (χ4v) is 1.94. The fraction of sp³-hybridized carbons (Fsp3) is 0.400. The third-order valence-electron chi connectivity index (χ3n) is 1.81. The van der Waals surface area contributed by atoms with Gasteiger partial charge in [0.05, 0.1) is 4.88 Å². The molecule has 0 unspecified atom stereocenters. The molecule has 0 saturated carbocycles. The summed E-state index contributed by atoms with van der Waals surface area (Å²) in [6, 6.07) is 3.69. The quantitative estimate of drug-likeness (QED) is 0.763. The van der Waals surface area contributed by atoms with Crippen molar-refractivity contribution in [1.82, 2.24) is 0 Å². The van der Waals surface area contributed by atoms with Crippen molar-refractivity contribution < 1.29 is 14.7 Å². The zero-order valence-electron chi connectivity index (χ0n) is 7.95. The van der Waals surface area contributed by atoms with Gasteiger partial charge in [0.25, 0.3) is 0 Å². The van der Waals surface area contributed by atoms with E-state index in [1.165, 1.54) is 11.3 Å². The van der Waals surface area contributed by atoms with E-state index >= 15 is 0 Å². The SMILES string of the molecule is Cc1ccc(C(=O)CCCC(=O)O)s1. The molecule has 0 aliphatic carbocycles. The second-order valence-electron chi connectivity index (χ2n) is 3.08. The molecule has 3 nitrogen and oxygen atoms in total. The van der Waals surface area contributed by atoms with Gasteiger partial charge >= 0.3 is 5.97 Å². The Kier molecular flexibility index (Phi) is 3.83. The third-order valence-corrected chi connectivity index (χ3v) is 2.85. The standard InChI is InChI=1S/C10H12O3S/c1-7-5-6-9(14-7)8(11)3-2-4-10(12)13/h5-6H,2-4H2,1H3,(H,12,13). The first-order valence-electron chi connectivity index (χ1n) is 4.41. The molecule has 1 N–H and O–H groups in total. The summed E-state index contributed by atoms with van der Waals surface area (Å²) in [5, 5.41) is 8.39. The van der Waals surface area contributed by atoms with Crippen LogP contribution in [0.2, 0.25) is 0 Å². The van der Waals surface area contributed by atoms with Gasteiger partial charge in [0.1, 0.15) is 0 Å². The van der Waals surface area contributed by atoms with E-state index in [-0.39, 0.29) is 12.2 Å². The lowest BCUT2D eigenvalue weighted by atomic mass is 10.1. The van der Waals surface area contributed by atoms with Crippen LogP contribution in [-0.2, 0) is 4.79 Å². The Morgan fingerprint density at radius 1 is 1.36 bits per heavy atom. The number of carbonyl (C=O) groups excluding carboxylic acids is 1.